The van der Waals surface area contributed by atoms with Gasteiger partial charge in [0.2, 0.25) is 0 Å². The lowest BCUT2D eigenvalue weighted by Gasteiger charge is -2.16. The Kier molecular flexibility index (Phi) is 6.11. The van der Waals surface area contributed by atoms with Crippen molar-refractivity contribution in [2.75, 3.05) is 13.7 Å². The zero-order valence-electron chi connectivity index (χ0n) is 17.7. The average Bonchev–Trinajstić information content (AvgIpc) is 3.13. The van der Waals surface area contributed by atoms with Crippen LogP contribution in [-0.2, 0) is 26.6 Å². The molecule has 2 heterocycles. The number of guanidine groups is 1. The molecule has 152 valence electrons. The fourth-order valence-corrected chi connectivity index (χ4v) is 3.55. The topological polar surface area (TPSA) is 72.7 Å². The van der Waals surface area contributed by atoms with Crippen LogP contribution in [0.15, 0.2) is 17.1 Å². The van der Waals surface area contributed by atoms with E-state index in [4.69, 9.17) is 9.47 Å². The summed E-state index contributed by atoms with van der Waals surface area (Å²) < 4.78 is 13.7. The maximum absolute atomic E-state index is 5.91. The molecule has 28 heavy (non-hydrogen) atoms. The molecule has 3 rings (SSSR count). The number of benzene rings is 1. The van der Waals surface area contributed by atoms with Gasteiger partial charge in [0.25, 0.3) is 0 Å². The number of nitrogens with one attached hydrogen (secondary N) is 2. The average molecular weight is 386 g/mol. The molecule has 1 aromatic heterocycles. The van der Waals surface area contributed by atoms with Crippen LogP contribution in [0.3, 0.4) is 0 Å². The number of aryl methyl sites for hydroxylation is 2. The van der Waals surface area contributed by atoms with Crippen LogP contribution in [0.4, 0.5) is 0 Å². The number of hydrogen-bond donors (Lipinski definition) is 2. The number of fused-ring (bicyclic) bond motifs is 1. The molecule has 0 aliphatic carbocycles. The highest BCUT2D eigenvalue weighted by molar-refractivity contribution is 5.79. The minimum absolute atomic E-state index is 0.216. The highest BCUT2D eigenvalue weighted by Crippen LogP contribution is 2.35. The molecular weight excluding hydrogens is 354 g/mol. The predicted molar refractivity (Wildman–Crippen MR) is 111 cm³/mol. The van der Waals surface area contributed by atoms with Crippen LogP contribution >= 0.6 is 0 Å². The summed E-state index contributed by atoms with van der Waals surface area (Å²) in [7, 11) is 3.74. The summed E-state index contributed by atoms with van der Waals surface area (Å²) in [6, 6.07) is 4.19. The first-order valence-electron chi connectivity index (χ1n) is 9.81. The number of nitrogens with zero attached hydrogens (tertiary/aromatic N) is 3. The molecule has 2 N–H and O–H groups in total. The second-order valence-corrected chi connectivity index (χ2v) is 7.19. The molecule has 0 saturated heterocycles. The lowest BCUT2D eigenvalue weighted by molar-refractivity contribution is 0.254. The first kappa shape index (κ1) is 20.0. The number of ether oxygens (including phenoxy) is 2. The van der Waals surface area contributed by atoms with Gasteiger partial charge in [-0.15, -0.1) is 0 Å². The minimum atomic E-state index is 0.216. The minimum Gasteiger partial charge on any atom is -0.494 e. The molecule has 0 bridgehead atoms. The largest absolute Gasteiger partial charge is 0.494 e. The third-order valence-electron chi connectivity index (χ3n) is 5.14. The van der Waals surface area contributed by atoms with E-state index in [1.165, 1.54) is 11.1 Å². The van der Waals surface area contributed by atoms with Crippen LogP contribution in [0.25, 0.3) is 0 Å². The highest BCUT2D eigenvalue weighted by Gasteiger charge is 2.22. The van der Waals surface area contributed by atoms with Gasteiger partial charge < -0.3 is 20.1 Å². The van der Waals surface area contributed by atoms with E-state index in [1.807, 2.05) is 25.6 Å². The number of hydrogen-bond acceptors (Lipinski definition) is 4. The predicted octanol–water partition coefficient (Wildman–Crippen LogP) is 2.62. The third kappa shape index (κ3) is 4.24. The van der Waals surface area contributed by atoms with Crippen LogP contribution in [-0.4, -0.2) is 35.5 Å². The van der Waals surface area contributed by atoms with Crippen molar-refractivity contribution in [3.05, 3.63) is 40.2 Å². The fraction of sp³-hybridized carbons (Fsp3) is 0.524. The van der Waals surface area contributed by atoms with Crippen LogP contribution < -0.4 is 20.1 Å². The molecule has 7 nitrogen and oxygen atoms in total. The van der Waals surface area contributed by atoms with E-state index in [2.05, 4.69) is 46.7 Å². The molecule has 1 aromatic carbocycles. The van der Waals surface area contributed by atoms with Crippen molar-refractivity contribution in [1.82, 2.24) is 20.4 Å². The zero-order chi connectivity index (χ0) is 20.3. The quantitative estimate of drug-likeness (QED) is 0.591. The summed E-state index contributed by atoms with van der Waals surface area (Å²) in [5.41, 5.74) is 5.66. The van der Waals surface area contributed by atoms with Crippen molar-refractivity contribution in [2.45, 2.75) is 53.3 Å². The van der Waals surface area contributed by atoms with Gasteiger partial charge in [-0.1, -0.05) is 0 Å². The van der Waals surface area contributed by atoms with Gasteiger partial charge >= 0.3 is 0 Å². The molecule has 1 atom stereocenters. The maximum atomic E-state index is 5.91. The SMILES string of the molecule is CCOc1cc2c(cc1CNC(=NC)NCc1c(C)nn(C)c1C)OC(C)C2. The summed E-state index contributed by atoms with van der Waals surface area (Å²) in [5.74, 6) is 2.60. The molecule has 1 unspecified atom stereocenters. The maximum Gasteiger partial charge on any atom is 0.191 e. The van der Waals surface area contributed by atoms with E-state index < -0.39 is 0 Å². The van der Waals surface area contributed by atoms with Crippen LogP contribution in [0, 0.1) is 13.8 Å². The van der Waals surface area contributed by atoms with E-state index in [-0.39, 0.29) is 6.10 Å². The van der Waals surface area contributed by atoms with Crippen molar-refractivity contribution in [1.29, 1.82) is 0 Å². The molecule has 1 aliphatic rings. The molecular formula is C21H31N5O2. The van der Waals surface area contributed by atoms with Gasteiger partial charge in [0.15, 0.2) is 5.96 Å². The number of aliphatic imine (C=N–C) groups is 1. The van der Waals surface area contributed by atoms with Crippen molar-refractivity contribution in [2.24, 2.45) is 12.0 Å². The van der Waals surface area contributed by atoms with Gasteiger partial charge in [0, 0.05) is 56.0 Å². The van der Waals surface area contributed by atoms with Gasteiger partial charge in [0.05, 0.1) is 12.3 Å². The molecule has 0 radical (unpaired) electrons. The Morgan fingerprint density at radius 3 is 2.71 bits per heavy atom. The molecule has 0 fully saturated rings. The van der Waals surface area contributed by atoms with E-state index in [9.17, 15) is 0 Å². The van der Waals surface area contributed by atoms with E-state index >= 15 is 0 Å². The van der Waals surface area contributed by atoms with Gasteiger partial charge in [-0.25, -0.2) is 0 Å². The van der Waals surface area contributed by atoms with E-state index in [1.54, 1.807) is 7.05 Å². The van der Waals surface area contributed by atoms with Crippen LogP contribution in [0.2, 0.25) is 0 Å². The second-order valence-electron chi connectivity index (χ2n) is 7.19. The highest BCUT2D eigenvalue weighted by atomic mass is 16.5. The molecule has 2 aromatic rings. The van der Waals surface area contributed by atoms with Crippen molar-refractivity contribution >= 4 is 5.96 Å². The van der Waals surface area contributed by atoms with Gasteiger partial charge in [-0.05, 0) is 39.8 Å². The Balaban J connectivity index is 1.67. The van der Waals surface area contributed by atoms with Crippen molar-refractivity contribution < 1.29 is 9.47 Å². The van der Waals surface area contributed by atoms with Crippen molar-refractivity contribution in [3.8, 4) is 11.5 Å². The summed E-state index contributed by atoms with van der Waals surface area (Å²) in [6.07, 6.45) is 1.14. The standard InChI is InChI=1S/C21H31N5O2/c1-7-27-19-9-16-8-13(2)28-20(16)10-17(19)11-23-21(22-5)24-12-18-14(3)25-26(6)15(18)4/h9-10,13H,7-8,11-12H2,1-6H3,(H2,22,23,24). The molecule has 0 saturated carbocycles. The molecule has 0 spiro atoms. The summed E-state index contributed by atoms with van der Waals surface area (Å²) in [4.78, 5) is 4.34. The first-order chi connectivity index (χ1) is 13.4. The number of rotatable bonds is 6. The summed E-state index contributed by atoms with van der Waals surface area (Å²) >= 11 is 0. The lowest BCUT2D eigenvalue weighted by Crippen LogP contribution is -2.36. The normalized spacial score (nSPS) is 15.9. The van der Waals surface area contributed by atoms with E-state index in [0.717, 1.165) is 40.8 Å². The van der Waals surface area contributed by atoms with Crippen LogP contribution in [0.1, 0.15) is 41.9 Å². The van der Waals surface area contributed by atoms with Gasteiger partial charge in [0.1, 0.15) is 17.6 Å². The monoisotopic (exact) mass is 385 g/mol. The third-order valence-corrected chi connectivity index (χ3v) is 5.14. The Labute approximate surface area is 167 Å². The van der Waals surface area contributed by atoms with Crippen LogP contribution in [0.5, 0.6) is 11.5 Å². The number of aromatic nitrogens is 2. The second kappa shape index (κ2) is 8.54. The lowest BCUT2D eigenvalue weighted by atomic mass is 10.1. The van der Waals surface area contributed by atoms with E-state index in [0.29, 0.717) is 19.7 Å². The smallest absolute Gasteiger partial charge is 0.191 e. The summed E-state index contributed by atoms with van der Waals surface area (Å²) in [5, 5.41) is 11.2. The molecule has 1 aliphatic heterocycles. The Hall–Kier alpha value is -2.70. The molecule has 0 amide bonds. The fourth-order valence-electron chi connectivity index (χ4n) is 3.55. The van der Waals surface area contributed by atoms with Gasteiger partial charge in [-0.2, -0.15) is 5.10 Å². The Morgan fingerprint density at radius 2 is 2.07 bits per heavy atom. The molecule has 7 heteroatoms. The first-order valence-corrected chi connectivity index (χ1v) is 9.81. The van der Waals surface area contributed by atoms with Crippen molar-refractivity contribution in [3.63, 3.8) is 0 Å². The zero-order valence-corrected chi connectivity index (χ0v) is 17.7. The van der Waals surface area contributed by atoms with Gasteiger partial charge in [-0.3, -0.25) is 9.67 Å². The summed E-state index contributed by atoms with van der Waals surface area (Å²) in [6.45, 7) is 10.1. The Morgan fingerprint density at radius 1 is 1.32 bits per heavy atom. The Bertz CT molecular complexity index is 872.